The molecule has 0 radical (unpaired) electrons. The van der Waals surface area contributed by atoms with Crippen LogP contribution in [0.15, 0.2) is 72.9 Å². The molecular weight excluding hydrogens is 587 g/mol. The summed E-state index contributed by atoms with van der Waals surface area (Å²) in [5.41, 5.74) is 3.35. The van der Waals surface area contributed by atoms with Crippen LogP contribution in [0, 0.1) is 15.2 Å². The zero-order valence-electron chi connectivity index (χ0n) is 18.3. The van der Waals surface area contributed by atoms with E-state index in [-0.39, 0.29) is 23.4 Å². The molecule has 1 fully saturated rings. The molecule has 1 aromatic heterocycles. The first-order valence-corrected chi connectivity index (χ1v) is 12.3. The van der Waals surface area contributed by atoms with Crippen LogP contribution in [0.1, 0.15) is 17.4 Å². The van der Waals surface area contributed by atoms with E-state index in [4.69, 9.17) is 16.3 Å². The number of benzene rings is 3. The van der Waals surface area contributed by atoms with Gasteiger partial charge < -0.3 is 9.64 Å². The number of amides is 1. The summed E-state index contributed by atoms with van der Waals surface area (Å²) in [5.74, 6) is -1.08. The Morgan fingerprint density at radius 1 is 1.06 bits per heavy atom. The monoisotopic (exact) mass is 605 g/mol. The molecule has 0 aliphatic carbocycles. The Kier molecular flexibility index (Phi) is 6.86. The largest absolute Gasteiger partial charge is 0.344 e. The van der Waals surface area contributed by atoms with Crippen molar-refractivity contribution in [1.82, 2.24) is 14.7 Å². The highest BCUT2D eigenvalue weighted by Crippen LogP contribution is 2.35. The molecule has 0 bridgehead atoms. The minimum atomic E-state index is -0.683. The summed E-state index contributed by atoms with van der Waals surface area (Å²) >= 11 is 8.09. The minimum absolute atomic E-state index is 0.00591. The lowest BCUT2D eigenvalue weighted by atomic mass is 10.1. The van der Waals surface area contributed by atoms with E-state index in [1.807, 2.05) is 24.3 Å². The molecule has 1 amide bonds. The molecule has 5 rings (SSSR count). The quantitative estimate of drug-likeness (QED) is 0.247. The molecule has 0 N–H and O–H groups in total. The SMILES string of the molecule is O=C1COC(c2cn(-c3ccc(Cl)c(F)c3)nc2-c2ccc(F)cc2)N1CCc1ccc(I)cc1. The van der Waals surface area contributed by atoms with E-state index in [1.54, 1.807) is 29.3 Å². The maximum absolute atomic E-state index is 14.1. The van der Waals surface area contributed by atoms with Gasteiger partial charge in [-0.25, -0.2) is 13.5 Å². The molecule has 35 heavy (non-hydrogen) atoms. The van der Waals surface area contributed by atoms with Gasteiger partial charge in [-0.15, -0.1) is 0 Å². The Morgan fingerprint density at radius 3 is 2.51 bits per heavy atom. The third-order valence-corrected chi connectivity index (χ3v) is 6.84. The van der Waals surface area contributed by atoms with E-state index in [0.29, 0.717) is 35.5 Å². The van der Waals surface area contributed by atoms with Crippen LogP contribution in [-0.4, -0.2) is 33.7 Å². The van der Waals surface area contributed by atoms with Crippen LogP contribution in [0.2, 0.25) is 5.02 Å². The summed E-state index contributed by atoms with van der Waals surface area (Å²) in [6, 6.07) is 18.4. The number of carbonyl (C=O) groups excluding carboxylic acids is 1. The van der Waals surface area contributed by atoms with Crippen LogP contribution >= 0.6 is 34.2 Å². The second-order valence-corrected chi connectivity index (χ2v) is 9.76. The highest BCUT2D eigenvalue weighted by molar-refractivity contribution is 14.1. The molecule has 1 saturated heterocycles. The zero-order valence-corrected chi connectivity index (χ0v) is 21.2. The summed E-state index contributed by atoms with van der Waals surface area (Å²) in [6.07, 6.45) is 1.69. The molecule has 178 valence electrons. The molecule has 0 spiro atoms. The number of rotatable bonds is 6. The lowest BCUT2D eigenvalue weighted by Gasteiger charge is -2.23. The third-order valence-electron chi connectivity index (χ3n) is 5.82. The van der Waals surface area contributed by atoms with Crippen molar-refractivity contribution in [2.75, 3.05) is 13.2 Å². The van der Waals surface area contributed by atoms with Gasteiger partial charge in [0.25, 0.3) is 5.91 Å². The number of aromatic nitrogens is 2. The van der Waals surface area contributed by atoms with Gasteiger partial charge in [0.2, 0.25) is 0 Å². The van der Waals surface area contributed by atoms with E-state index >= 15 is 0 Å². The van der Waals surface area contributed by atoms with Gasteiger partial charge in [0.1, 0.15) is 23.9 Å². The summed E-state index contributed by atoms with van der Waals surface area (Å²) in [6.45, 7) is 0.397. The Morgan fingerprint density at radius 2 is 1.80 bits per heavy atom. The van der Waals surface area contributed by atoms with Crippen molar-refractivity contribution in [3.63, 3.8) is 0 Å². The zero-order chi connectivity index (χ0) is 24.5. The van der Waals surface area contributed by atoms with E-state index in [2.05, 4.69) is 27.7 Å². The standard InChI is InChI=1S/C26H19ClF2IN3O2/c27-22-10-9-20(13-23(22)29)33-14-21(25(31-33)17-3-5-18(28)6-4-17)26-32(24(34)15-35-26)12-11-16-1-7-19(30)8-2-16/h1-10,13-14,26H,11-12,15H2. The summed E-state index contributed by atoms with van der Waals surface area (Å²) < 4.78 is 36.3. The number of carbonyl (C=O) groups is 1. The average Bonchev–Trinajstić information content (AvgIpc) is 3.44. The van der Waals surface area contributed by atoms with Gasteiger partial charge in [0.05, 0.1) is 10.7 Å². The molecule has 0 saturated carbocycles. The van der Waals surface area contributed by atoms with Crippen LogP contribution in [0.25, 0.3) is 16.9 Å². The van der Waals surface area contributed by atoms with Crippen molar-refractivity contribution < 1.29 is 18.3 Å². The second kappa shape index (κ2) is 10.0. The van der Waals surface area contributed by atoms with Gasteiger partial charge >= 0.3 is 0 Å². The van der Waals surface area contributed by atoms with Gasteiger partial charge in [0, 0.05) is 33.5 Å². The van der Waals surface area contributed by atoms with Crippen LogP contribution in [0.3, 0.4) is 0 Å². The maximum Gasteiger partial charge on any atom is 0.250 e. The Labute approximate surface area is 219 Å². The second-order valence-electron chi connectivity index (χ2n) is 8.11. The van der Waals surface area contributed by atoms with Gasteiger partial charge in [-0.2, -0.15) is 5.10 Å². The predicted octanol–water partition coefficient (Wildman–Crippen LogP) is 6.18. The minimum Gasteiger partial charge on any atom is -0.344 e. The maximum atomic E-state index is 14.1. The first kappa shape index (κ1) is 23.9. The summed E-state index contributed by atoms with van der Waals surface area (Å²) in [4.78, 5) is 14.4. The van der Waals surface area contributed by atoms with E-state index in [0.717, 1.165) is 9.13 Å². The fourth-order valence-electron chi connectivity index (χ4n) is 4.01. The predicted molar refractivity (Wildman–Crippen MR) is 137 cm³/mol. The van der Waals surface area contributed by atoms with Gasteiger partial charge in [-0.05, 0) is 83.1 Å². The molecule has 1 aliphatic heterocycles. The van der Waals surface area contributed by atoms with Crippen molar-refractivity contribution >= 4 is 40.1 Å². The number of hydrogen-bond donors (Lipinski definition) is 0. The molecule has 5 nitrogen and oxygen atoms in total. The Bertz CT molecular complexity index is 1380. The highest BCUT2D eigenvalue weighted by Gasteiger charge is 2.36. The number of nitrogens with zero attached hydrogens (tertiary/aromatic N) is 3. The lowest BCUT2D eigenvalue weighted by Crippen LogP contribution is -2.30. The van der Waals surface area contributed by atoms with Crippen LogP contribution in [0.5, 0.6) is 0 Å². The van der Waals surface area contributed by atoms with Gasteiger partial charge in [-0.1, -0.05) is 23.7 Å². The van der Waals surface area contributed by atoms with Crippen molar-refractivity contribution in [2.45, 2.75) is 12.6 Å². The smallest absolute Gasteiger partial charge is 0.250 e. The van der Waals surface area contributed by atoms with Crippen LogP contribution in [-0.2, 0) is 16.0 Å². The molecule has 2 heterocycles. The summed E-state index contributed by atoms with van der Waals surface area (Å²) in [5, 5.41) is 4.65. The van der Waals surface area contributed by atoms with Crippen molar-refractivity contribution in [3.05, 3.63) is 104 Å². The highest BCUT2D eigenvalue weighted by atomic mass is 127. The lowest BCUT2D eigenvalue weighted by molar-refractivity contribution is -0.128. The van der Waals surface area contributed by atoms with E-state index < -0.39 is 12.0 Å². The Balaban J connectivity index is 1.52. The molecule has 1 aliphatic rings. The average molecular weight is 606 g/mol. The summed E-state index contributed by atoms with van der Waals surface area (Å²) in [7, 11) is 0. The fraction of sp³-hybridized carbons (Fsp3) is 0.154. The molecule has 4 aromatic rings. The van der Waals surface area contributed by atoms with Crippen molar-refractivity contribution in [3.8, 4) is 16.9 Å². The first-order valence-electron chi connectivity index (χ1n) is 10.9. The molecule has 1 atom stereocenters. The van der Waals surface area contributed by atoms with Gasteiger partial charge in [-0.3, -0.25) is 4.79 Å². The van der Waals surface area contributed by atoms with Gasteiger partial charge in [0.15, 0.2) is 6.23 Å². The van der Waals surface area contributed by atoms with E-state index in [9.17, 15) is 13.6 Å². The van der Waals surface area contributed by atoms with Crippen LogP contribution in [0.4, 0.5) is 8.78 Å². The molecule has 3 aromatic carbocycles. The molecular formula is C26H19ClF2IN3O2. The first-order chi connectivity index (χ1) is 16.9. The topological polar surface area (TPSA) is 47.4 Å². The molecule has 9 heteroatoms. The number of hydrogen-bond acceptors (Lipinski definition) is 3. The van der Waals surface area contributed by atoms with Crippen LogP contribution < -0.4 is 0 Å². The number of halogens is 4. The van der Waals surface area contributed by atoms with Crippen molar-refractivity contribution in [2.24, 2.45) is 0 Å². The third kappa shape index (κ3) is 5.10. The van der Waals surface area contributed by atoms with Crippen molar-refractivity contribution in [1.29, 1.82) is 0 Å². The van der Waals surface area contributed by atoms with E-state index in [1.165, 1.54) is 28.9 Å². The molecule has 1 unspecified atom stereocenters. The number of ether oxygens (including phenoxy) is 1. The Hall–Kier alpha value is -2.82. The normalized spacial score (nSPS) is 15.7. The fourth-order valence-corrected chi connectivity index (χ4v) is 4.49.